The first-order chi connectivity index (χ1) is 18.5. The Morgan fingerprint density at radius 1 is 1.13 bits per heavy atom. The van der Waals surface area contributed by atoms with E-state index in [9.17, 15) is 4.79 Å². The third-order valence-electron chi connectivity index (χ3n) is 7.24. The number of carbonyl (C=O) groups excluding carboxylic acids is 1. The van der Waals surface area contributed by atoms with Crippen LogP contribution in [-0.2, 0) is 9.53 Å². The van der Waals surface area contributed by atoms with E-state index in [4.69, 9.17) is 4.74 Å². The van der Waals surface area contributed by atoms with E-state index >= 15 is 0 Å². The zero-order valence-corrected chi connectivity index (χ0v) is 23.6. The molecule has 4 nitrogen and oxygen atoms in total. The van der Waals surface area contributed by atoms with E-state index < -0.39 is 0 Å². The number of nitrogens with zero attached hydrogens (tertiary/aromatic N) is 1. The summed E-state index contributed by atoms with van der Waals surface area (Å²) in [5.41, 5.74) is 5.09. The second-order valence-corrected chi connectivity index (χ2v) is 10.2. The maximum Gasteiger partial charge on any atom is 0.244 e. The molecule has 1 amide bonds. The van der Waals surface area contributed by atoms with Crippen molar-refractivity contribution < 1.29 is 9.53 Å². The number of hydrogen-bond donors (Lipinski definition) is 1. The van der Waals surface area contributed by atoms with Crippen LogP contribution in [0.1, 0.15) is 62.1 Å². The fourth-order valence-electron chi connectivity index (χ4n) is 4.74. The maximum atomic E-state index is 12.2. The molecule has 1 aliphatic carbocycles. The van der Waals surface area contributed by atoms with Crippen LogP contribution < -0.4 is 5.32 Å². The third-order valence-corrected chi connectivity index (χ3v) is 7.24. The standard InChI is InChI=1S/C34H46N2O2/c1-4-5-6-7-11-17-33(31-15-9-8-10-16-31)38-32-21-24-36(25-22-32)26-23-35-34(37)18-13-12-14-30-20-19-28(2)29(3)27-30/h4-5,8-9,11-15,17-20,27,32-33H,6-7,10,16,21-26H2,1-3H3,(H,35,37)/b5-4-,14-12+,17-11+,18-13+. The molecule has 3 rings (SSSR count). The summed E-state index contributed by atoms with van der Waals surface area (Å²) in [6, 6.07) is 6.37. The van der Waals surface area contributed by atoms with Gasteiger partial charge in [-0.2, -0.15) is 0 Å². The van der Waals surface area contributed by atoms with Gasteiger partial charge in [-0.3, -0.25) is 4.79 Å². The van der Waals surface area contributed by atoms with Crippen molar-refractivity contribution >= 4 is 12.0 Å². The first kappa shape index (κ1) is 29.6. The van der Waals surface area contributed by atoms with Crippen molar-refractivity contribution in [2.75, 3.05) is 26.2 Å². The van der Waals surface area contributed by atoms with Gasteiger partial charge in [0.05, 0.1) is 12.2 Å². The molecule has 2 aliphatic rings. The quantitative estimate of drug-likeness (QED) is 0.133. The molecule has 1 atom stereocenters. The molecule has 0 saturated carbocycles. The van der Waals surface area contributed by atoms with Gasteiger partial charge in [0, 0.05) is 32.3 Å². The summed E-state index contributed by atoms with van der Waals surface area (Å²) in [5.74, 6) is -0.0492. The zero-order valence-electron chi connectivity index (χ0n) is 23.6. The Hall–Kier alpha value is -2.95. The average molecular weight is 515 g/mol. The Morgan fingerprint density at radius 2 is 1.95 bits per heavy atom. The lowest BCUT2D eigenvalue weighted by molar-refractivity contribution is -0.116. The molecule has 38 heavy (non-hydrogen) atoms. The van der Waals surface area contributed by atoms with Crippen LogP contribution in [0.4, 0.5) is 0 Å². The minimum Gasteiger partial charge on any atom is -0.366 e. The van der Waals surface area contributed by atoms with Gasteiger partial charge in [-0.05, 0) is 81.6 Å². The highest BCUT2D eigenvalue weighted by Crippen LogP contribution is 2.24. The second-order valence-electron chi connectivity index (χ2n) is 10.2. The minimum absolute atomic E-state index is 0.0492. The second kappa shape index (κ2) is 16.8. The number of ether oxygens (including phenoxy) is 1. The van der Waals surface area contributed by atoms with Gasteiger partial charge in [0.25, 0.3) is 0 Å². The van der Waals surface area contributed by atoms with Gasteiger partial charge in [-0.15, -0.1) is 0 Å². The van der Waals surface area contributed by atoms with Crippen LogP contribution >= 0.6 is 0 Å². The minimum atomic E-state index is -0.0492. The van der Waals surface area contributed by atoms with Crippen molar-refractivity contribution in [3.05, 3.63) is 101 Å². The fourth-order valence-corrected chi connectivity index (χ4v) is 4.74. The molecule has 0 spiro atoms. The molecule has 0 aromatic heterocycles. The number of aryl methyl sites for hydroxylation is 2. The van der Waals surface area contributed by atoms with E-state index in [1.54, 1.807) is 12.2 Å². The average Bonchev–Trinajstić information content (AvgIpc) is 2.93. The Labute approximate surface area is 230 Å². The van der Waals surface area contributed by atoms with Gasteiger partial charge >= 0.3 is 0 Å². The van der Waals surface area contributed by atoms with Crippen LogP contribution in [0.15, 0.2) is 84.5 Å². The summed E-state index contributed by atoms with van der Waals surface area (Å²) in [7, 11) is 0. The lowest BCUT2D eigenvalue weighted by Crippen LogP contribution is -2.42. The molecule has 1 fully saturated rings. The van der Waals surface area contributed by atoms with E-state index in [-0.39, 0.29) is 18.1 Å². The highest BCUT2D eigenvalue weighted by Gasteiger charge is 2.23. The summed E-state index contributed by atoms with van der Waals surface area (Å²) in [4.78, 5) is 14.6. The zero-order chi connectivity index (χ0) is 27.0. The molecule has 4 heteroatoms. The van der Waals surface area contributed by atoms with Crippen molar-refractivity contribution in [1.82, 2.24) is 10.2 Å². The van der Waals surface area contributed by atoms with Gasteiger partial charge in [0.2, 0.25) is 5.91 Å². The predicted molar refractivity (Wildman–Crippen MR) is 161 cm³/mol. The van der Waals surface area contributed by atoms with Crippen molar-refractivity contribution in [1.29, 1.82) is 0 Å². The molecule has 1 heterocycles. The maximum absolute atomic E-state index is 12.2. The van der Waals surface area contributed by atoms with Crippen LogP contribution in [0.25, 0.3) is 6.08 Å². The normalized spacial score (nSPS) is 18.2. The van der Waals surface area contributed by atoms with Crippen LogP contribution in [0.2, 0.25) is 0 Å². The van der Waals surface area contributed by atoms with E-state index in [1.165, 1.54) is 16.7 Å². The smallest absolute Gasteiger partial charge is 0.244 e. The molecule has 1 aromatic carbocycles. The molecular weight excluding hydrogens is 468 g/mol. The first-order valence-electron chi connectivity index (χ1n) is 14.3. The summed E-state index contributed by atoms with van der Waals surface area (Å²) in [5, 5.41) is 3.01. The van der Waals surface area contributed by atoms with Gasteiger partial charge < -0.3 is 15.0 Å². The Bertz CT molecular complexity index is 1050. The van der Waals surface area contributed by atoms with Crippen LogP contribution in [0.3, 0.4) is 0 Å². The van der Waals surface area contributed by atoms with E-state index in [0.29, 0.717) is 6.54 Å². The number of hydrogen-bond acceptors (Lipinski definition) is 3. The Morgan fingerprint density at radius 3 is 2.68 bits per heavy atom. The van der Waals surface area contributed by atoms with E-state index in [1.807, 2.05) is 12.2 Å². The molecule has 1 N–H and O–H groups in total. The lowest BCUT2D eigenvalue weighted by Gasteiger charge is -2.34. The molecule has 204 valence electrons. The van der Waals surface area contributed by atoms with E-state index in [0.717, 1.165) is 63.7 Å². The van der Waals surface area contributed by atoms with Crippen molar-refractivity contribution in [2.24, 2.45) is 0 Å². The van der Waals surface area contributed by atoms with Crippen molar-refractivity contribution in [2.45, 2.75) is 71.5 Å². The van der Waals surface area contributed by atoms with Crippen molar-refractivity contribution in [3.63, 3.8) is 0 Å². The largest absolute Gasteiger partial charge is 0.366 e. The van der Waals surface area contributed by atoms with Crippen LogP contribution in [0.5, 0.6) is 0 Å². The number of allylic oxidation sites excluding steroid dienone is 8. The lowest BCUT2D eigenvalue weighted by atomic mass is 9.98. The number of likely N-dealkylation sites (tertiary alicyclic amines) is 1. The predicted octanol–water partition coefficient (Wildman–Crippen LogP) is 7.03. The number of piperidine rings is 1. The number of benzene rings is 1. The number of rotatable bonds is 13. The summed E-state index contributed by atoms with van der Waals surface area (Å²) in [6.45, 7) is 9.83. The number of carbonyl (C=O) groups is 1. The summed E-state index contributed by atoms with van der Waals surface area (Å²) >= 11 is 0. The monoisotopic (exact) mass is 514 g/mol. The molecular formula is C34H46N2O2. The Balaban J connectivity index is 1.36. The Kier molecular flexibility index (Phi) is 13.1. The molecule has 1 unspecified atom stereocenters. The number of nitrogens with one attached hydrogen (secondary N) is 1. The molecule has 0 bridgehead atoms. The summed E-state index contributed by atoms with van der Waals surface area (Å²) < 4.78 is 6.61. The topological polar surface area (TPSA) is 41.6 Å². The number of unbranched alkanes of at least 4 members (excludes halogenated alkanes) is 1. The third kappa shape index (κ3) is 10.8. The van der Waals surface area contributed by atoms with Gasteiger partial charge in [0.1, 0.15) is 0 Å². The number of amides is 1. The van der Waals surface area contributed by atoms with Gasteiger partial charge in [0.15, 0.2) is 0 Å². The fraction of sp³-hybridized carbons (Fsp3) is 0.441. The van der Waals surface area contributed by atoms with Crippen molar-refractivity contribution in [3.8, 4) is 0 Å². The first-order valence-corrected chi connectivity index (χ1v) is 14.3. The highest BCUT2D eigenvalue weighted by atomic mass is 16.5. The van der Waals surface area contributed by atoms with Crippen LogP contribution in [-0.4, -0.2) is 49.2 Å². The van der Waals surface area contributed by atoms with Crippen LogP contribution in [0, 0.1) is 13.8 Å². The van der Waals surface area contributed by atoms with Gasteiger partial charge in [-0.1, -0.05) is 79.0 Å². The summed E-state index contributed by atoms with van der Waals surface area (Å²) in [6.07, 6.45) is 29.5. The molecule has 1 aliphatic heterocycles. The van der Waals surface area contributed by atoms with E-state index in [2.05, 4.69) is 91.7 Å². The van der Waals surface area contributed by atoms with Gasteiger partial charge in [-0.25, -0.2) is 0 Å². The molecule has 0 radical (unpaired) electrons. The molecule has 1 aromatic rings. The molecule has 1 saturated heterocycles. The SMILES string of the molecule is C/C=C\CC/C=C/C(OC1CCN(CCNC(=O)/C=C/C=C/c2ccc(C)c(C)c2)CC1)C1=CC=CCC1. The highest BCUT2D eigenvalue weighted by molar-refractivity contribution is 5.87.